The molecular formula is C33H34ClF4N9O3. The van der Waals surface area contributed by atoms with Crippen molar-refractivity contribution >= 4 is 29.6 Å². The number of alkyl carbamates (subject to hydrolysis) is 1. The van der Waals surface area contributed by atoms with Crippen LogP contribution in [0.25, 0.3) is 16.9 Å². The lowest BCUT2D eigenvalue weighted by Gasteiger charge is -2.34. The SMILES string of the molecule is Cn1ccc(-c2ccc(C(=O)N3/C(NCCC(C)(C)C)=N/C(F)c4ncnn4-c4cc(ccc4Cl)[C@H]3COC(=O)N[C@H]3CC3(F)F)cc2F)n1. The molecule has 3 atom stereocenters. The molecule has 0 saturated heterocycles. The van der Waals surface area contributed by atoms with Crippen LogP contribution in [0, 0.1) is 11.2 Å². The Hall–Kier alpha value is -4.99. The molecule has 1 aliphatic heterocycles. The predicted octanol–water partition coefficient (Wildman–Crippen LogP) is 6.14. The molecule has 1 saturated carbocycles. The van der Waals surface area contributed by atoms with Crippen LogP contribution in [0.5, 0.6) is 0 Å². The maximum atomic E-state index is 16.2. The van der Waals surface area contributed by atoms with Crippen molar-refractivity contribution in [3.05, 3.63) is 82.8 Å². The van der Waals surface area contributed by atoms with Gasteiger partial charge in [0.05, 0.1) is 22.4 Å². The number of halogens is 5. The third-order valence-electron chi connectivity index (χ3n) is 8.22. The van der Waals surface area contributed by atoms with Crippen LogP contribution in [0.3, 0.4) is 0 Å². The number of carbonyl (C=O) groups excluding carboxylic acids is 2. The van der Waals surface area contributed by atoms with Gasteiger partial charge >= 0.3 is 6.09 Å². The van der Waals surface area contributed by atoms with Gasteiger partial charge in [-0.3, -0.25) is 14.4 Å². The summed E-state index contributed by atoms with van der Waals surface area (Å²) in [5.74, 6) is -5.17. The molecule has 4 aromatic rings. The highest BCUT2D eigenvalue weighted by Gasteiger charge is 2.58. The summed E-state index contributed by atoms with van der Waals surface area (Å²) in [4.78, 5) is 36.7. The molecule has 264 valence electrons. The molecule has 2 bridgehead atoms. The van der Waals surface area contributed by atoms with Gasteiger partial charge in [-0.1, -0.05) is 38.4 Å². The zero-order chi connectivity index (χ0) is 36.0. The molecule has 6 rings (SSSR count). The summed E-state index contributed by atoms with van der Waals surface area (Å²) in [6.45, 7) is 5.59. The van der Waals surface area contributed by atoms with Gasteiger partial charge in [0.15, 0.2) is 5.82 Å². The predicted molar refractivity (Wildman–Crippen MR) is 175 cm³/mol. The number of amides is 2. The Labute approximate surface area is 289 Å². The third kappa shape index (κ3) is 7.44. The standard InChI is InChI=1S/C33H34ClF4N9O3/c1-32(2,3)10-11-39-30-43-27(36)28-40-17-41-47(28)24-14-18(6-8-21(24)34)25(16-50-31(49)42-26-15-33(26,37)38)46(30)29(48)19-5-7-20(22(35)13-19)23-9-12-45(4)44-23/h5-9,12-14,17,25-27H,10-11,15-16H2,1-4H3,(H,39,43)(H,42,49)/t25-,26+,27?/m1/s1. The summed E-state index contributed by atoms with van der Waals surface area (Å²) in [7, 11) is 1.68. The minimum atomic E-state index is -3.06. The highest BCUT2D eigenvalue weighted by molar-refractivity contribution is 6.32. The molecule has 12 nitrogen and oxygen atoms in total. The van der Waals surface area contributed by atoms with Crippen molar-refractivity contribution in [2.75, 3.05) is 13.2 Å². The smallest absolute Gasteiger partial charge is 0.407 e. The Morgan fingerprint density at radius 2 is 1.90 bits per heavy atom. The van der Waals surface area contributed by atoms with E-state index in [0.29, 0.717) is 17.7 Å². The highest BCUT2D eigenvalue weighted by Crippen LogP contribution is 2.41. The van der Waals surface area contributed by atoms with E-state index in [2.05, 4.69) is 30.8 Å². The first kappa shape index (κ1) is 34.9. The minimum Gasteiger partial charge on any atom is -0.447 e. The van der Waals surface area contributed by atoms with Crippen LogP contribution >= 0.6 is 11.6 Å². The van der Waals surface area contributed by atoms with Gasteiger partial charge < -0.3 is 15.4 Å². The van der Waals surface area contributed by atoms with E-state index in [1.165, 1.54) is 28.9 Å². The number of aryl methyl sites for hydroxylation is 1. The second kappa shape index (κ2) is 13.4. The second-order valence-corrected chi connectivity index (χ2v) is 13.7. The monoisotopic (exact) mass is 715 g/mol. The van der Waals surface area contributed by atoms with Crippen molar-refractivity contribution in [1.82, 2.24) is 40.1 Å². The largest absolute Gasteiger partial charge is 0.447 e. The number of nitrogens with zero attached hydrogens (tertiary/aromatic N) is 7. The number of carbonyl (C=O) groups is 2. The van der Waals surface area contributed by atoms with Gasteiger partial charge in [0.25, 0.3) is 18.1 Å². The van der Waals surface area contributed by atoms with Crippen molar-refractivity contribution in [1.29, 1.82) is 0 Å². The fourth-order valence-corrected chi connectivity index (χ4v) is 5.57. The molecule has 2 aromatic carbocycles. The molecule has 3 heterocycles. The molecule has 1 aliphatic carbocycles. The topological polar surface area (TPSA) is 132 Å². The van der Waals surface area contributed by atoms with Crippen LogP contribution in [0.2, 0.25) is 5.02 Å². The van der Waals surface area contributed by atoms with E-state index in [1.807, 2.05) is 20.8 Å². The Morgan fingerprint density at radius 1 is 1.14 bits per heavy atom. The van der Waals surface area contributed by atoms with Crippen LogP contribution in [0.15, 0.2) is 60.0 Å². The Balaban J connectivity index is 1.47. The fraction of sp³-hybridized carbons (Fsp3) is 0.394. The lowest BCUT2D eigenvalue weighted by molar-refractivity contribution is 0.0679. The van der Waals surface area contributed by atoms with Crippen molar-refractivity contribution < 1.29 is 31.9 Å². The van der Waals surface area contributed by atoms with Crippen LogP contribution < -0.4 is 10.6 Å². The Kier molecular flexibility index (Phi) is 9.33. The first-order chi connectivity index (χ1) is 23.6. The quantitative estimate of drug-likeness (QED) is 0.174. The molecule has 1 fully saturated rings. The van der Waals surface area contributed by atoms with Crippen LogP contribution in [0.1, 0.15) is 67.7 Å². The molecule has 2 N–H and O–H groups in total. The van der Waals surface area contributed by atoms with Gasteiger partial charge in [-0.2, -0.15) is 10.2 Å². The lowest BCUT2D eigenvalue weighted by atomic mass is 9.92. The number of hydrogen-bond acceptors (Lipinski definition) is 8. The average molecular weight is 716 g/mol. The highest BCUT2D eigenvalue weighted by atomic mass is 35.5. The van der Waals surface area contributed by atoms with E-state index in [4.69, 9.17) is 16.3 Å². The molecule has 2 aromatic heterocycles. The average Bonchev–Trinajstić information content (AvgIpc) is 3.38. The summed E-state index contributed by atoms with van der Waals surface area (Å²) in [5.41, 5.74) is 0.643. The second-order valence-electron chi connectivity index (χ2n) is 13.3. The fourth-order valence-electron chi connectivity index (χ4n) is 5.37. The summed E-state index contributed by atoms with van der Waals surface area (Å²) in [5, 5.41) is 13.7. The number of guanidine groups is 1. The number of hydrogen-bond donors (Lipinski definition) is 2. The number of aromatic nitrogens is 5. The Morgan fingerprint density at radius 3 is 2.56 bits per heavy atom. The molecule has 2 aliphatic rings. The van der Waals surface area contributed by atoms with Crippen LogP contribution in [-0.4, -0.2) is 72.5 Å². The van der Waals surface area contributed by atoms with Gasteiger partial charge in [0, 0.05) is 37.3 Å². The van der Waals surface area contributed by atoms with Crippen molar-refractivity contribution in [2.24, 2.45) is 17.5 Å². The summed E-state index contributed by atoms with van der Waals surface area (Å²) in [6, 6.07) is 7.31. The van der Waals surface area contributed by atoms with Gasteiger partial charge in [0.1, 0.15) is 24.8 Å². The zero-order valence-electron chi connectivity index (χ0n) is 27.5. The number of nitrogens with one attached hydrogen (secondary N) is 2. The van der Waals surface area contributed by atoms with Crippen molar-refractivity contribution in [3.8, 4) is 16.9 Å². The van der Waals surface area contributed by atoms with Gasteiger partial charge in [-0.05, 0) is 53.8 Å². The molecule has 0 radical (unpaired) electrons. The summed E-state index contributed by atoms with van der Waals surface area (Å²) in [6.07, 6.45) is -0.558. The first-order valence-electron chi connectivity index (χ1n) is 15.7. The minimum absolute atomic E-state index is 0.138. The molecule has 1 unspecified atom stereocenters. The first-order valence-corrected chi connectivity index (χ1v) is 16.1. The van der Waals surface area contributed by atoms with Crippen LogP contribution in [-0.2, 0) is 11.8 Å². The zero-order valence-corrected chi connectivity index (χ0v) is 28.3. The van der Waals surface area contributed by atoms with Gasteiger partial charge in [-0.15, -0.1) is 0 Å². The molecule has 17 heteroatoms. The third-order valence-corrected chi connectivity index (χ3v) is 8.54. The van der Waals surface area contributed by atoms with E-state index in [0.717, 1.165) is 22.0 Å². The molecule has 2 amide bonds. The number of fused-ring (bicyclic) bond motifs is 4. The van der Waals surface area contributed by atoms with Crippen molar-refractivity contribution in [3.63, 3.8) is 0 Å². The number of aliphatic imine (C=N–C) groups is 1. The summed E-state index contributed by atoms with van der Waals surface area (Å²) < 4.78 is 67.1. The van der Waals surface area contributed by atoms with Crippen LogP contribution in [0.4, 0.5) is 22.4 Å². The van der Waals surface area contributed by atoms with E-state index in [-0.39, 0.29) is 45.6 Å². The van der Waals surface area contributed by atoms with E-state index >= 15 is 8.78 Å². The molecule has 0 spiro atoms. The summed E-state index contributed by atoms with van der Waals surface area (Å²) >= 11 is 6.51. The number of rotatable bonds is 7. The van der Waals surface area contributed by atoms with E-state index < -0.39 is 55.1 Å². The normalized spacial score (nSPS) is 20.7. The Bertz CT molecular complexity index is 1960. The van der Waals surface area contributed by atoms with Gasteiger partial charge in [0.2, 0.25) is 5.96 Å². The number of alkyl halides is 3. The van der Waals surface area contributed by atoms with Gasteiger partial charge in [-0.25, -0.2) is 37.0 Å². The van der Waals surface area contributed by atoms with E-state index in [9.17, 15) is 18.4 Å². The lowest BCUT2D eigenvalue weighted by Crippen LogP contribution is -2.49. The number of ether oxygens (including phenoxy) is 1. The maximum Gasteiger partial charge on any atom is 0.407 e. The molecular weight excluding hydrogens is 682 g/mol. The van der Waals surface area contributed by atoms with Crippen molar-refractivity contribution in [2.45, 2.75) is 57.9 Å². The molecule has 50 heavy (non-hydrogen) atoms. The van der Waals surface area contributed by atoms with E-state index in [1.54, 1.807) is 25.4 Å². The maximum absolute atomic E-state index is 16.2. The number of benzene rings is 2.